The summed E-state index contributed by atoms with van der Waals surface area (Å²) in [5.74, 6) is -6.43. The van der Waals surface area contributed by atoms with Gasteiger partial charge in [0.15, 0.2) is 11.6 Å². The molecule has 2 N–H and O–H groups in total. The zero-order chi connectivity index (χ0) is 27.6. The molecule has 2 heterocycles. The van der Waals surface area contributed by atoms with Crippen molar-refractivity contribution in [1.29, 1.82) is 0 Å². The van der Waals surface area contributed by atoms with Gasteiger partial charge in [-0.05, 0) is 30.0 Å². The number of carbonyl (C=O) groups is 6. The summed E-state index contributed by atoms with van der Waals surface area (Å²) in [6, 6.07) is 10.5. The van der Waals surface area contributed by atoms with Crippen molar-refractivity contribution in [2.75, 3.05) is 7.05 Å². The molecule has 1 unspecified atom stereocenters. The molecule has 10 nitrogen and oxygen atoms in total. The second-order valence-corrected chi connectivity index (χ2v) is 9.66. The van der Waals surface area contributed by atoms with Crippen LogP contribution in [0.3, 0.4) is 0 Å². The summed E-state index contributed by atoms with van der Waals surface area (Å²) in [5.41, 5.74) is 0.399. The number of nitrogens with zero attached hydrogens (tertiary/aromatic N) is 2. The molecular weight excluding hydrogens is 495 g/mol. The maximum absolute atomic E-state index is 13.3. The van der Waals surface area contributed by atoms with Gasteiger partial charge in [-0.3, -0.25) is 33.7 Å². The number of hydrogen-bond acceptors (Lipinski definition) is 7. The van der Waals surface area contributed by atoms with Gasteiger partial charge in [0, 0.05) is 7.05 Å². The molecule has 198 valence electrons. The van der Waals surface area contributed by atoms with Crippen LogP contribution in [0.15, 0.2) is 48.5 Å². The number of pyridine rings is 1. The molecule has 4 amide bonds. The van der Waals surface area contributed by atoms with Crippen molar-refractivity contribution >= 4 is 35.2 Å². The van der Waals surface area contributed by atoms with Gasteiger partial charge >= 0.3 is 0 Å². The molecular formula is C27H27FN4O6. The van der Waals surface area contributed by atoms with Gasteiger partial charge in [0.05, 0.1) is 30.8 Å². The zero-order valence-electron chi connectivity index (χ0n) is 20.8. The fourth-order valence-corrected chi connectivity index (χ4v) is 5.06. The first-order valence-corrected chi connectivity index (χ1v) is 12.2. The van der Waals surface area contributed by atoms with Crippen molar-refractivity contribution in [3.05, 3.63) is 65.7 Å². The minimum absolute atomic E-state index is 0.192. The van der Waals surface area contributed by atoms with Crippen molar-refractivity contribution in [1.82, 2.24) is 20.5 Å². The van der Waals surface area contributed by atoms with Crippen molar-refractivity contribution < 1.29 is 33.2 Å². The van der Waals surface area contributed by atoms with Crippen LogP contribution in [-0.4, -0.2) is 58.2 Å². The van der Waals surface area contributed by atoms with Crippen LogP contribution in [0.1, 0.15) is 48.3 Å². The number of ketones is 2. The van der Waals surface area contributed by atoms with Gasteiger partial charge in [-0.1, -0.05) is 43.3 Å². The first kappa shape index (κ1) is 26.8. The largest absolute Gasteiger partial charge is 0.348 e. The molecule has 0 spiro atoms. The van der Waals surface area contributed by atoms with E-state index in [2.05, 4.69) is 15.6 Å². The SMILES string of the molecule is CC1C[C@@H]2C(=O)N(C)C(=O)[C@H]2C(=O)[C@H]1NC(=O)C[C@H](NC(=O)CC(=O)c1cccc(F)n1)c1ccccc1. The Bertz CT molecular complexity index is 1300. The first-order chi connectivity index (χ1) is 18.1. The molecule has 2 fully saturated rings. The highest BCUT2D eigenvalue weighted by atomic mass is 19.1. The third kappa shape index (κ3) is 5.51. The van der Waals surface area contributed by atoms with E-state index in [-0.39, 0.29) is 30.4 Å². The Balaban J connectivity index is 1.44. The molecule has 4 rings (SSSR count). The predicted molar refractivity (Wildman–Crippen MR) is 131 cm³/mol. The van der Waals surface area contributed by atoms with Gasteiger partial charge in [-0.2, -0.15) is 4.39 Å². The molecule has 1 saturated carbocycles. The summed E-state index contributed by atoms with van der Waals surface area (Å²) in [7, 11) is 1.34. The fourth-order valence-electron chi connectivity index (χ4n) is 5.06. The van der Waals surface area contributed by atoms with E-state index in [1.54, 1.807) is 37.3 Å². The Morgan fingerprint density at radius 3 is 2.42 bits per heavy atom. The Morgan fingerprint density at radius 1 is 1.03 bits per heavy atom. The molecule has 11 heteroatoms. The molecule has 2 aromatic rings. The van der Waals surface area contributed by atoms with Crippen LogP contribution in [0.5, 0.6) is 0 Å². The highest BCUT2D eigenvalue weighted by Crippen LogP contribution is 2.38. The van der Waals surface area contributed by atoms with Gasteiger partial charge in [0.1, 0.15) is 11.6 Å². The van der Waals surface area contributed by atoms with Gasteiger partial charge in [0.25, 0.3) is 0 Å². The minimum atomic E-state index is -1.11. The molecule has 2 aliphatic rings. The topological polar surface area (TPSA) is 143 Å². The van der Waals surface area contributed by atoms with Crippen LogP contribution in [0.2, 0.25) is 0 Å². The first-order valence-electron chi connectivity index (χ1n) is 12.2. The molecule has 1 aliphatic carbocycles. The highest BCUT2D eigenvalue weighted by molar-refractivity contribution is 6.17. The molecule has 1 saturated heterocycles. The average Bonchev–Trinajstić information content (AvgIpc) is 3.10. The summed E-state index contributed by atoms with van der Waals surface area (Å²) in [6.07, 6.45) is -0.572. The number of hydrogen-bond donors (Lipinski definition) is 2. The van der Waals surface area contributed by atoms with Crippen molar-refractivity contribution in [3.63, 3.8) is 0 Å². The molecule has 0 radical (unpaired) electrons. The summed E-state index contributed by atoms with van der Waals surface area (Å²) in [5, 5.41) is 5.35. The summed E-state index contributed by atoms with van der Waals surface area (Å²) < 4.78 is 13.3. The van der Waals surface area contributed by atoms with E-state index in [9.17, 15) is 33.2 Å². The van der Waals surface area contributed by atoms with Crippen molar-refractivity contribution in [3.8, 4) is 0 Å². The van der Waals surface area contributed by atoms with Crippen LogP contribution >= 0.6 is 0 Å². The monoisotopic (exact) mass is 522 g/mol. The summed E-state index contributed by atoms with van der Waals surface area (Å²) in [4.78, 5) is 80.5. The lowest BCUT2D eigenvalue weighted by atomic mass is 9.72. The lowest BCUT2D eigenvalue weighted by Crippen LogP contribution is -2.54. The van der Waals surface area contributed by atoms with Gasteiger partial charge in [-0.15, -0.1) is 0 Å². The molecule has 5 atom stereocenters. The van der Waals surface area contributed by atoms with E-state index < -0.39 is 65.6 Å². The maximum Gasteiger partial charge on any atom is 0.240 e. The van der Waals surface area contributed by atoms with Crippen LogP contribution in [-0.2, 0) is 24.0 Å². The van der Waals surface area contributed by atoms with E-state index in [4.69, 9.17) is 0 Å². The van der Waals surface area contributed by atoms with Crippen LogP contribution in [0, 0.1) is 23.7 Å². The lowest BCUT2D eigenvalue weighted by Gasteiger charge is -2.33. The lowest BCUT2D eigenvalue weighted by molar-refractivity contribution is -0.142. The number of imide groups is 1. The third-order valence-electron chi connectivity index (χ3n) is 7.02. The second-order valence-electron chi connectivity index (χ2n) is 9.66. The Hall–Kier alpha value is -4.28. The van der Waals surface area contributed by atoms with E-state index in [1.807, 2.05) is 0 Å². The normalized spacial score (nSPS) is 23.6. The standard InChI is InChI=1S/C27H27FN4O6/c1-14-11-16-23(27(38)32(2)26(16)37)25(36)24(14)31-21(34)12-18(15-7-4-3-5-8-15)30-22(35)13-19(33)17-9-6-10-20(28)29-17/h3-10,14,16,18,23-24H,11-13H2,1-2H3,(H,30,35)(H,31,34)/t14?,16-,18-,23+,24-/m0/s1. The van der Waals surface area contributed by atoms with Crippen LogP contribution in [0.4, 0.5) is 4.39 Å². The minimum Gasteiger partial charge on any atom is -0.348 e. The molecule has 0 bridgehead atoms. The number of amides is 4. The Labute approximate surface area is 218 Å². The predicted octanol–water partition coefficient (Wildman–Crippen LogP) is 1.37. The van der Waals surface area contributed by atoms with Gasteiger partial charge in [-0.25, -0.2) is 4.98 Å². The Morgan fingerprint density at radius 2 is 1.74 bits per heavy atom. The third-order valence-corrected chi connectivity index (χ3v) is 7.02. The van der Waals surface area contributed by atoms with Crippen LogP contribution in [0.25, 0.3) is 0 Å². The zero-order valence-corrected chi connectivity index (χ0v) is 20.8. The number of benzene rings is 1. The Kier molecular flexibility index (Phi) is 7.75. The van der Waals surface area contributed by atoms with E-state index in [1.165, 1.54) is 19.2 Å². The molecule has 1 aliphatic heterocycles. The van der Waals surface area contributed by atoms with Gasteiger partial charge < -0.3 is 10.6 Å². The van der Waals surface area contributed by atoms with Crippen molar-refractivity contribution in [2.45, 2.75) is 38.3 Å². The second kappa shape index (κ2) is 11.0. The number of likely N-dealkylation sites (tertiary alicyclic amines) is 1. The number of nitrogens with one attached hydrogen (secondary N) is 2. The van der Waals surface area contributed by atoms with E-state index >= 15 is 0 Å². The number of carbonyl (C=O) groups excluding carboxylic acids is 6. The smallest absolute Gasteiger partial charge is 0.240 e. The quantitative estimate of drug-likeness (QED) is 0.231. The number of halogens is 1. The fraction of sp³-hybridized carbons (Fsp3) is 0.370. The number of rotatable bonds is 8. The molecule has 1 aromatic heterocycles. The highest BCUT2D eigenvalue weighted by Gasteiger charge is 2.55. The molecule has 38 heavy (non-hydrogen) atoms. The summed E-state index contributed by atoms with van der Waals surface area (Å²) >= 11 is 0. The van der Waals surface area contributed by atoms with Crippen LogP contribution < -0.4 is 10.6 Å². The number of Topliss-reactive ketones (excluding diaryl/α,β-unsaturated/α-hetero) is 2. The molecule has 1 aromatic carbocycles. The summed E-state index contributed by atoms with van der Waals surface area (Å²) in [6.45, 7) is 1.73. The average molecular weight is 523 g/mol. The number of aromatic nitrogens is 1. The van der Waals surface area contributed by atoms with E-state index in [0.29, 0.717) is 5.56 Å². The van der Waals surface area contributed by atoms with Crippen molar-refractivity contribution in [2.24, 2.45) is 17.8 Å². The van der Waals surface area contributed by atoms with Gasteiger partial charge in [0.2, 0.25) is 29.6 Å². The number of fused-ring (bicyclic) bond motifs is 1. The van der Waals surface area contributed by atoms with E-state index in [0.717, 1.165) is 11.0 Å². The maximum atomic E-state index is 13.3.